The number of benzene rings is 2. The average molecular weight is 591 g/mol. The van der Waals surface area contributed by atoms with E-state index in [1.807, 2.05) is 0 Å². The molecule has 0 N–H and O–H groups in total. The van der Waals surface area contributed by atoms with Crippen molar-refractivity contribution >= 4 is 0 Å². The summed E-state index contributed by atoms with van der Waals surface area (Å²) in [6.07, 6.45) is 16.8. The van der Waals surface area contributed by atoms with E-state index in [0.29, 0.717) is 50.2 Å². The van der Waals surface area contributed by atoms with E-state index in [1.165, 1.54) is 44.6 Å². The number of hydrogen-bond acceptors (Lipinski definition) is 2. The Hall–Kier alpha value is -2.08. The summed E-state index contributed by atoms with van der Waals surface area (Å²) in [6, 6.07) is 8.16. The summed E-state index contributed by atoms with van der Waals surface area (Å²) < 4.78 is 72.8. The van der Waals surface area contributed by atoms with Crippen molar-refractivity contribution in [1.29, 1.82) is 0 Å². The van der Waals surface area contributed by atoms with Crippen LogP contribution in [0.1, 0.15) is 121 Å². The van der Waals surface area contributed by atoms with Crippen LogP contribution in [0.5, 0.6) is 5.75 Å². The minimum absolute atomic E-state index is 0.0217. The molecule has 0 bridgehead atoms. The van der Waals surface area contributed by atoms with E-state index in [-0.39, 0.29) is 11.1 Å². The third-order valence-corrected chi connectivity index (χ3v) is 9.02. The first kappa shape index (κ1) is 32.8. The molecule has 42 heavy (non-hydrogen) atoms. The molecule has 0 spiro atoms. The topological polar surface area (TPSA) is 18.5 Å². The van der Waals surface area contributed by atoms with Gasteiger partial charge in [-0.1, -0.05) is 89.7 Å². The molecular weight excluding hydrogens is 540 g/mol. The predicted octanol–water partition coefficient (Wildman–Crippen LogP) is 11.2. The monoisotopic (exact) mass is 590 g/mol. The molecule has 2 aromatic rings. The van der Waals surface area contributed by atoms with Gasteiger partial charge in [0.1, 0.15) is 5.75 Å². The van der Waals surface area contributed by atoms with E-state index in [0.717, 1.165) is 57.5 Å². The van der Waals surface area contributed by atoms with Crippen LogP contribution in [-0.2, 0) is 17.1 Å². The minimum atomic E-state index is -3.36. The maximum atomic E-state index is 15.5. The maximum Gasteiger partial charge on any atom is 0.279 e. The van der Waals surface area contributed by atoms with Gasteiger partial charge < -0.3 is 9.47 Å². The third kappa shape index (κ3) is 9.46. The van der Waals surface area contributed by atoms with Crippen LogP contribution >= 0.6 is 0 Å². The molecule has 1 saturated carbocycles. The Morgan fingerprint density at radius 1 is 0.738 bits per heavy atom. The minimum Gasteiger partial charge on any atom is -0.494 e. The van der Waals surface area contributed by atoms with Gasteiger partial charge in [-0.05, 0) is 73.8 Å². The molecule has 0 aromatic heterocycles. The van der Waals surface area contributed by atoms with Gasteiger partial charge in [-0.3, -0.25) is 0 Å². The van der Waals surface area contributed by atoms with Crippen molar-refractivity contribution in [2.24, 2.45) is 11.8 Å². The summed E-state index contributed by atoms with van der Waals surface area (Å²) >= 11 is 0. The second-order valence-electron chi connectivity index (χ2n) is 12.5. The van der Waals surface area contributed by atoms with Crippen molar-refractivity contribution in [1.82, 2.24) is 0 Å². The van der Waals surface area contributed by atoms with Crippen molar-refractivity contribution in [3.63, 3.8) is 0 Å². The molecule has 2 aliphatic rings. The van der Waals surface area contributed by atoms with Gasteiger partial charge in [-0.25, -0.2) is 17.6 Å². The highest BCUT2D eigenvalue weighted by molar-refractivity contribution is 5.67. The fourth-order valence-corrected chi connectivity index (χ4v) is 6.18. The first-order valence-corrected chi connectivity index (χ1v) is 16.6. The van der Waals surface area contributed by atoms with Gasteiger partial charge in [-0.2, -0.15) is 0 Å². The lowest BCUT2D eigenvalue weighted by atomic mass is 9.77. The van der Waals surface area contributed by atoms with E-state index < -0.39 is 29.0 Å². The van der Waals surface area contributed by atoms with Crippen LogP contribution in [-0.4, -0.2) is 19.8 Å². The summed E-state index contributed by atoms with van der Waals surface area (Å²) in [7, 11) is 0. The Morgan fingerprint density at radius 2 is 1.38 bits per heavy atom. The molecule has 1 fully saturated rings. The predicted molar refractivity (Wildman–Crippen MR) is 162 cm³/mol. The number of fused-ring (bicyclic) bond motifs is 1. The van der Waals surface area contributed by atoms with Gasteiger partial charge in [0.15, 0.2) is 11.6 Å². The summed E-state index contributed by atoms with van der Waals surface area (Å²) in [4.78, 5) is 0. The lowest BCUT2D eigenvalue weighted by Gasteiger charge is -2.34. The highest BCUT2D eigenvalue weighted by Crippen LogP contribution is 2.49. The number of rotatable bonds is 20. The molecule has 0 saturated heterocycles. The Balaban J connectivity index is 1.25. The van der Waals surface area contributed by atoms with Crippen LogP contribution in [0.3, 0.4) is 0 Å². The standard InChI is InChI=1S/C36H50F4O2/c1-2-3-23-41-24-11-12-25-42-31-21-18-28(19-22-31)32-26-29-17-20-30(36(39,40)33(29)35(38)34(32)37)14-10-8-6-4-5-7-9-13-27-15-16-27/h18-19,21-22,26-27,30H,2-17,20,23-25H2,1H3. The molecule has 4 rings (SSSR count). The zero-order valence-corrected chi connectivity index (χ0v) is 25.5. The summed E-state index contributed by atoms with van der Waals surface area (Å²) in [5, 5.41) is 0. The summed E-state index contributed by atoms with van der Waals surface area (Å²) in [5.74, 6) is -5.28. The molecule has 2 aliphatic carbocycles. The van der Waals surface area contributed by atoms with Crippen LogP contribution in [0, 0.1) is 23.5 Å². The van der Waals surface area contributed by atoms with Crippen LogP contribution in [0.4, 0.5) is 17.6 Å². The Morgan fingerprint density at radius 3 is 2.07 bits per heavy atom. The fraction of sp³-hybridized carbons (Fsp3) is 0.667. The van der Waals surface area contributed by atoms with Gasteiger partial charge in [-0.15, -0.1) is 0 Å². The van der Waals surface area contributed by atoms with Crippen LogP contribution in [0.2, 0.25) is 0 Å². The molecule has 0 radical (unpaired) electrons. The number of hydrogen-bond donors (Lipinski definition) is 0. The quantitative estimate of drug-likeness (QED) is 0.113. The molecule has 2 aromatic carbocycles. The van der Waals surface area contributed by atoms with Crippen molar-refractivity contribution in [2.75, 3.05) is 19.8 Å². The van der Waals surface area contributed by atoms with Crippen LogP contribution in [0.25, 0.3) is 11.1 Å². The van der Waals surface area contributed by atoms with Crippen molar-refractivity contribution in [2.45, 2.75) is 122 Å². The highest BCUT2D eigenvalue weighted by atomic mass is 19.3. The Labute approximate surface area is 250 Å². The molecule has 234 valence electrons. The van der Waals surface area contributed by atoms with Gasteiger partial charge in [0.25, 0.3) is 5.92 Å². The molecule has 0 heterocycles. The van der Waals surface area contributed by atoms with E-state index >= 15 is 17.6 Å². The molecule has 1 unspecified atom stereocenters. The molecule has 6 heteroatoms. The van der Waals surface area contributed by atoms with E-state index in [4.69, 9.17) is 9.47 Å². The Kier molecular flexibility index (Phi) is 13.0. The molecular formula is C36H50F4O2. The molecule has 1 atom stereocenters. The first-order chi connectivity index (χ1) is 20.4. The van der Waals surface area contributed by atoms with E-state index in [2.05, 4.69) is 6.92 Å². The fourth-order valence-electron chi connectivity index (χ4n) is 6.18. The van der Waals surface area contributed by atoms with Gasteiger partial charge in [0.05, 0.1) is 12.2 Å². The zero-order valence-electron chi connectivity index (χ0n) is 25.5. The van der Waals surface area contributed by atoms with E-state index in [9.17, 15) is 0 Å². The van der Waals surface area contributed by atoms with Crippen LogP contribution in [0.15, 0.2) is 30.3 Å². The number of ether oxygens (including phenoxy) is 2. The maximum absolute atomic E-state index is 15.5. The van der Waals surface area contributed by atoms with Gasteiger partial charge >= 0.3 is 0 Å². The van der Waals surface area contributed by atoms with Gasteiger partial charge in [0.2, 0.25) is 0 Å². The normalized spacial score (nSPS) is 17.8. The van der Waals surface area contributed by atoms with Crippen molar-refractivity contribution in [3.8, 4) is 16.9 Å². The summed E-state index contributed by atoms with van der Waals surface area (Å²) in [5.41, 5.74) is -0.0376. The SMILES string of the molecule is CCCCOCCCCOc1ccc(-c2cc3c(c(F)c2F)C(F)(F)C(CCCCCCCCCC2CC2)CC3)cc1. The molecule has 0 aliphatic heterocycles. The molecule has 2 nitrogen and oxygen atoms in total. The molecule has 0 amide bonds. The van der Waals surface area contributed by atoms with Crippen LogP contribution < -0.4 is 4.74 Å². The van der Waals surface area contributed by atoms with E-state index in [1.54, 1.807) is 24.3 Å². The third-order valence-electron chi connectivity index (χ3n) is 9.02. The average Bonchev–Trinajstić information content (AvgIpc) is 3.81. The smallest absolute Gasteiger partial charge is 0.279 e. The number of alkyl halides is 2. The lowest BCUT2D eigenvalue weighted by Crippen LogP contribution is -2.33. The number of aryl methyl sites for hydroxylation is 1. The second-order valence-corrected chi connectivity index (χ2v) is 12.5. The van der Waals surface area contributed by atoms with Crippen molar-refractivity contribution in [3.05, 3.63) is 53.1 Å². The zero-order chi connectivity index (χ0) is 29.8. The number of unbranched alkanes of at least 4 members (excludes halogenated alkanes) is 8. The Bertz CT molecular complexity index is 1080. The largest absolute Gasteiger partial charge is 0.494 e. The second kappa shape index (κ2) is 16.7. The summed E-state index contributed by atoms with van der Waals surface area (Å²) in [6.45, 7) is 4.17. The highest BCUT2D eigenvalue weighted by Gasteiger charge is 2.48. The van der Waals surface area contributed by atoms with Crippen molar-refractivity contribution < 1.29 is 27.0 Å². The first-order valence-electron chi connectivity index (χ1n) is 16.6. The van der Waals surface area contributed by atoms with Gasteiger partial charge in [0, 0.05) is 24.7 Å². The lowest BCUT2D eigenvalue weighted by molar-refractivity contribution is -0.0823. The number of halogens is 4.